The molecule has 0 aromatic heterocycles. The Morgan fingerprint density at radius 1 is 1.00 bits per heavy atom. The van der Waals surface area contributed by atoms with Gasteiger partial charge in [-0.3, -0.25) is 4.79 Å². The molecule has 0 atom stereocenters. The monoisotopic (exact) mass is 340 g/mol. The molecule has 3 nitrogen and oxygen atoms in total. The van der Waals surface area contributed by atoms with Gasteiger partial charge in [-0.1, -0.05) is 32.0 Å². The van der Waals surface area contributed by atoms with Gasteiger partial charge in [0.05, 0.1) is 0 Å². The highest BCUT2D eigenvalue weighted by Crippen LogP contribution is 2.31. The van der Waals surface area contributed by atoms with Crippen molar-refractivity contribution in [1.29, 1.82) is 0 Å². The first-order chi connectivity index (χ1) is 12.0. The van der Waals surface area contributed by atoms with E-state index < -0.39 is 0 Å². The summed E-state index contributed by atoms with van der Waals surface area (Å²) in [4.78, 5) is 16.8. The number of carbonyl (C=O) groups is 1. The van der Waals surface area contributed by atoms with Crippen molar-refractivity contribution >= 4 is 11.6 Å². The minimum absolute atomic E-state index is 0.0199. The Balaban J connectivity index is 1.72. The van der Waals surface area contributed by atoms with E-state index in [0.717, 1.165) is 13.1 Å². The van der Waals surface area contributed by atoms with Crippen LogP contribution in [-0.2, 0) is 0 Å². The summed E-state index contributed by atoms with van der Waals surface area (Å²) in [6.07, 6.45) is 0. The van der Waals surface area contributed by atoms with E-state index in [2.05, 4.69) is 43.9 Å². The number of rotatable bonds is 3. The highest BCUT2D eigenvalue weighted by atomic mass is 19.1. The van der Waals surface area contributed by atoms with Crippen LogP contribution in [0.1, 0.15) is 41.3 Å². The van der Waals surface area contributed by atoms with Gasteiger partial charge >= 0.3 is 0 Å². The first kappa shape index (κ1) is 17.5. The molecule has 3 rings (SSSR count). The van der Waals surface area contributed by atoms with Gasteiger partial charge in [-0.15, -0.1) is 0 Å². The van der Waals surface area contributed by atoms with E-state index in [0.29, 0.717) is 24.6 Å². The zero-order valence-electron chi connectivity index (χ0n) is 15.1. The average molecular weight is 340 g/mol. The SMILES string of the molecule is Cc1cccc(C(C)C)c1N1CCN(C(=O)c2ccc(F)cc2)CC1. The molecule has 1 fully saturated rings. The van der Waals surface area contributed by atoms with Crippen LogP contribution in [0, 0.1) is 12.7 Å². The number of anilines is 1. The number of hydrogen-bond acceptors (Lipinski definition) is 2. The number of para-hydroxylation sites is 1. The van der Waals surface area contributed by atoms with E-state index in [9.17, 15) is 9.18 Å². The lowest BCUT2D eigenvalue weighted by molar-refractivity contribution is 0.0746. The van der Waals surface area contributed by atoms with Crippen molar-refractivity contribution in [3.63, 3.8) is 0 Å². The summed E-state index contributed by atoms with van der Waals surface area (Å²) in [6.45, 7) is 9.58. The third-order valence-corrected chi connectivity index (χ3v) is 4.87. The second kappa shape index (κ2) is 7.26. The number of hydrogen-bond donors (Lipinski definition) is 0. The molecule has 0 unspecified atom stereocenters. The summed E-state index contributed by atoms with van der Waals surface area (Å²) in [7, 11) is 0. The van der Waals surface area contributed by atoms with Crippen LogP contribution in [0.4, 0.5) is 10.1 Å². The molecule has 0 N–H and O–H groups in total. The Bertz CT molecular complexity index is 747. The maximum Gasteiger partial charge on any atom is 0.253 e. The number of nitrogens with zero attached hydrogens (tertiary/aromatic N) is 2. The van der Waals surface area contributed by atoms with Crippen LogP contribution >= 0.6 is 0 Å². The van der Waals surface area contributed by atoms with E-state index in [4.69, 9.17) is 0 Å². The summed E-state index contributed by atoms with van der Waals surface area (Å²) in [5, 5.41) is 0. The van der Waals surface area contributed by atoms with E-state index in [-0.39, 0.29) is 11.7 Å². The standard InChI is InChI=1S/C21H25FN2O/c1-15(2)19-6-4-5-16(3)20(19)23-11-13-24(14-12-23)21(25)17-7-9-18(22)10-8-17/h4-10,15H,11-14H2,1-3H3. The summed E-state index contributed by atoms with van der Waals surface area (Å²) >= 11 is 0. The van der Waals surface area contributed by atoms with Crippen molar-refractivity contribution in [3.05, 3.63) is 65.0 Å². The molecule has 2 aromatic carbocycles. The molecule has 2 aromatic rings. The zero-order valence-corrected chi connectivity index (χ0v) is 15.1. The van der Waals surface area contributed by atoms with E-state index in [1.165, 1.54) is 28.9 Å². The number of amides is 1. The van der Waals surface area contributed by atoms with E-state index in [1.807, 2.05) is 4.90 Å². The van der Waals surface area contributed by atoms with E-state index in [1.54, 1.807) is 12.1 Å². The molecule has 1 amide bonds. The Kier molecular flexibility index (Phi) is 5.07. The molecule has 0 saturated carbocycles. The van der Waals surface area contributed by atoms with Crippen molar-refractivity contribution in [3.8, 4) is 0 Å². The van der Waals surface area contributed by atoms with Crippen LogP contribution in [0.25, 0.3) is 0 Å². The smallest absolute Gasteiger partial charge is 0.253 e. The van der Waals surface area contributed by atoms with Gasteiger partial charge in [0.15, 0.2) is 0 Å². The molecule has 0 spiro atoms. The molecule has 132 valence electrons. The van der Waals surface area contributed by atoms with Gasteiger partial charge < -0.3 is 9.80 Å². The number of piperazine rings is 1. The summed E-state index contributed by atoms with van der Waals surface area (Å²) in [5.41, 5.74) is 4.50. The predicted octanol–water partition coefficient (Wildman–Crippen LogP) is 4.22. The molecular weight excluding hydrogens is 315 g/mol. The normalized spacial score (nSPS) is 14.9. The van der Waals surface area contributed by atoms with Crippen LogP contribution in [-0.4, -0.2) is 37.0 Å². The van der Waals surface area contributed by atoms with Gasteiger partial charge in [-0.05, 0) is 48.2 Å². The molecule has 1 aliphatic rings. The Morgan fingerprint density at radius 3 is 2.24 bits per heavy atom. The number of halogens is 1. The summed E-state index contributed by atoms with van der Waals surface area (Å²) < 4.78 is 13.0. The molecule has 0 aliphatic carbocycles. The Morgan fingerprint density at radius 2 is 1.64 bits per heavy atom. The highest BCUT2D eigenvalue weighted by Gasteiger charge is 2.24. The molecule has 25 heavy (non-hydrogen) atoms. The van der Waals surface area contributed by atoms with Crippen molar-refractivity contribution in [2.45, 2.75) is 26.7 Å². The van der Waals surface area contributed by atoms with Gasteiger partial charge in [0.2, 0.25) is 0 Å². The molecule has 1 heterocycles. The summed E-state index contributed by atoms with van der Waals surface area (Å²) in [5.74, 6) is 0.129. The fraction of sp³-hybridized carbons (Fsp3) is 0.381. The molecule has 0 radical (unpaired) electrons. The van der Waals surface area contributed by atoms with Gasteiger partial charge in [-0.25, -0.2) is 4.39 Å². The number of carbonyl (C=O) groups excluding carboxylic acids is 1. The van der Waals surface area contributed by atoms with Gasteiger partial charge in [0.1, 0.15) is 5.82 Å². The first-order valence-electron chi connectivity index (χ1n) is 8.86. The largest absolute Gasteiger partial charge is 0.368 e. The lowest BCUT2D eigenvalue weighted by Gasteiger charge is -2.38. The average Bonchev–Trinajstić information content (AvgIpc) is 2.61. The van der Waals surface area contributed by atoms with E-state index >= 15 is 0 Å². The number of aryl methyl sites for hydroxylation is 1. The molecular formula is C21H25FN2O. The van der Waals surface area contributed by atoms with Gasteiger partial charge in [0.25, 0.3) is 5.91 Å². The molecule has 1 saturated heterocycles. The quantitative estimate of drug-likeness (QED) is 0.835. The maximum absolute atomic E-state index is 13.0. The van der Waals surface area contributed by atoms with Crippen LogP contribution in [0.2, 0.25) is 0 Å². The molecule has 0 bridgehead atoms. The van der Waals surface area contributed by atoms with Crippen molar-refractivity contribution in [2.24, 2.45) is 0 Å². The lowest BCUT2D eigenvalue weighted by Crippen LogP contribution is -2.49. The van der Waals surface area contributed by atoms with Gasteiger partial charge in [0, 0.05) is 37.4 Å². The minimum Gasteiger partial charge on any atom is -0.368 e. The fourth-order valence-electron chi connectivity index (χ4n) is 3.49. The lowest BCUT2D eigenvalue weighted by atomic mass is 9.97. The topological polar surface area (TPSA) is 23.6 Å². The van der Waals surface area contributed by atoms with Crippen molar-refractivity contribution < 1.29 is 9.18 Å². The second-order valence-electron chi connectivity index (χ2n) is 6.95. The maximum atomic E-state index is 13.0. The minimum atomic E-state index is -0.317. The van der Waals surface area contributed by atoms with Gasteiger partial charge in [-0.2, -0.15) is 0 Å². The Hall–Kier alpha value is -2.36. The summed E-state index contributed by atoms with van der Waals surface area (Å²) in [6, 6.07) is 12.3. The fourth-order valence-corrected chi connectivity index (χ4v) is 3.49. The highest BCUT2D eigenvalue weighted by molar-refractivity contribution is 5.94. The van der Waals surface area contributed by atoms with Crippen molar-refractivity contribution in [2.75, 3.05) is 31.1 Å². The zero-order chi connectivity index (χ0) is 18.0. The van der Waals surface area contributed by atoms with Crippen LogP contribution in [0.3, 0.4) is 0 Å². The second-order valence-corrected chi connectivity index (χ2v) is 6.95. The third kappa shape index (κ3) is 3.68. The van der Waals surface area contributed by atoms with Crippen LogP contribution < -0.4 is 4.90 Å². The molecule has 1 aliphatic heterocycles. The van der Waals surface area contributed by atoms with Crippen LogP contribution in [0.5, 0.6) is 0 Å². The predicted molar refractivity (Wildman–Crippen MR) is 99.8 cm³/mol. The Labute approximate surface area is 149 Å². The number of benzene rings is 2. The van der Waals surface area contributed by atoms with Crippen molar-refractivity contribution in [1.82, 2.24) is 4.90 Å². The van der Waals surface area contributed by atoms with Crippen LogP contribution in [0.15, 0.2) is 42.5 Å². The molecule has 4 heteroatoms. The third-order valence-electron chi connectivity index (χ3n) is 4.87. The first-order valence-corrected chi connectivity index (χ1v) is 8.86.